The van der Waals surface area contributed by atoms with Crippen LogP contribution in [0.5, 0.6) is 0 Å². The van der Waals surface area contributed by atoms with Crippen LogP contribution in [0.4, 0.5) is 17.1 Å². The Morgan fingerprint density at radius 1 is 0.236 bits per heavy atom. The highest BCUT2D eigenvalue weighted by Gasteiger charge is 2.24. The Bertz CT molecular complexity index is 4390. The minimum absolute atomic E-state index is 1.07. The smallest absolute Gasteiger partial charge is 0.0547 e. The molecule has 2 nitrogen and oxygen atoms in total. The molecular weight excluding hydrogens is 869 g/mol. The molecule has 0 saturated heterocycles. The van der Waals surface area contributed by atoms with Gasteiger partial charge in [-0.1, -0.05) is 218 Å². The van der Waals surface area contributed by atoms with Gasteiger partial charge in [0.2, 0.25) is 0 Å². The van der Waals surface area contributed by atoms with Crippen molar-refractivity contribution >= 4 is 82.0 Å². The molecule has 0 atom stereocenters. The van der Waals surface area contributed by atoms with Crippen LogP contribution in [0.25, 0.3) is 115 Å². The molecule has 0 fully saturated rings. The first kappa shape index (κ1) is 41.5. The maximum Gasteiger partial charge on any atom is 0.0547 e. The Balaban J connectivity index is 1.01. The van der Waals surface area contributed by atoms with E-state index in [-0.39, 0.29) is 0 Å². The minimum atomic E-state index is 1.07. The van der Waals surface area contributed by atoms with Gasteiger partial charge in [0.05, 0.1) is 28.1 Å². The molecule has 0 aliphatic carbocycles. The molecule has 0 amide bonds. The van der Waals surface area contributed by atoms with Crippen LogP contribution < -0.4 is 4.90 Å². The average molecular weight is 915 g/mol. The third-order valence-electron chi connectivity index (χ3n) is 14.7. The number of aromatic nitrogens is 1. The van der Waals surface area contributed by atoms with Crippen molar-refractivity contribution in [2.45, 2.75) is 0 Å². The van der Waals surface area contributed by atoms with E-state index in [9.17, 15) is 0 Å². The fraction of sp³-hybridized carbons (Fsp3) is 0. The Hall–Kier alpha value is -9.50. The number of fused-ring (bicyclic) bond motifs is 8. The van der Waals surface area contributed by atoms with E-state index in [1.165, 1.54) is 81.6 Å². The van der Waals surface area contributed by atoms with Gasteiger partial charge < -0.3 is 9.47 Å². The standard InChI is InChI=1S/C70H46N2/c1-2-19-48(20-3-1)63-44-53(58-28-12-15-34-66(58)72-68-36-17-14-32-62(68)65-43-50-22-4-5-23-51(50)46-70(65)72)39-42-69(63)71(54-40-37-49(38-41-54)56-33-18-25-47-21-6-8-26-55(47)56)67-35-16-13-31-61(67)64-45-52-24-7-9-27-57(52)59-29-10-11-30-60(59)64/h1-46H. The second kappa shape index (κ2) is 17.2. The van der Waals surface area contributed by atoms with Crippen molar-refractivity contribution in [2.75, 3.05) is 4.90 Å². The molecule has 72 heavy (non-hydrogen) atoms. The van der Waals surface area contributed by atoms with Crippen LogP contribution in [-0.2, 0) is 0 Å². The van der Waals surface area contributed by atoms with Gasteiger partial charge in [0.1, 0.15) is 0 Å². The quantitative estimate of drug-likeness (QED) is 0.138. The van der Waals surface area contributed by atoms with Gasteiger partial charge in [0.15, 0.2) is 0 Å². The van der Waals surface area contributed by atoms with Crippen LogP contribution in [0, 0.1) is 0 Å². The van der Waals surface area contributed by atoms with E-state index >= 15 is 0 Å². The summed E-state index contributed by atoms with van der Waals surface area (Å²) in [5.74, 6) is 0. The Kier molecular flexibility index (Phi) is 9.89. The molecule has 0 bridgehead atoms. The van der Waals surface area contributed by atoms with Crippen LogP contribution >= 0.6 is 0 Å². The summed E-state index contributed by atoms with van der Waals surface area (Å²) in [7, 11) is 0. The first-order chi connectivity index (χ1) is 35.7. The van der Waals surface area contributed by atoms with Gasteiger partial charge >= 0.3 is 0 Å². The third-order valence-corrected chi connectivity index (χ3v) is 14.7. The highest BCUT2D eigenvalue weighted by Crippen LogP contribution is 2.49. The van der Waals surface area contributed by atoms with Gasteiger partial charge in [-0.25, -0.2) is 0 Å². The van der Waals surface area contributed by atoms with E-state index in [0.717, 1.165) is 50.6 Å². The topological polar surface area (TPSA) is 8.17 Å². The number of nitrogens with zero attached hydrogens (tertiary/aromatic N) is 2. The monoisotopic (exact) mass is 914 g/mol. The number of hydrogen-bond donors (Lipinski definition) is 0. The molecule has 0 aliphatic heterocycles. The summed E-state index contributed by atoms with van der Waals surface area (Å²) in [6.45, 7) is 0. The second-order valence-electron chi connectivity index (χ2n) is 18.8. The van der Waals surface area contributed by atoms with Crippen molar-refractivity contribution in [3.8, 4) is 50.2 Å². The lowest BCUT2D eigenvalue weighted by molar-refractivity contribution is 1.18. The lowest BCUT2D eigenvalue weighted by atomic mass is 9.91. The Morgan fingerprint density at radius 2 is 0.792 bits per heavy atom. The van der Waals surface area contributed by atoms with E-state index in [2.05, 4.69) is 289 Å². The van der Waals surface area contributed by atoms with Crippen LogP contribution in [-0.4, -0.2) is 4.57 Å². The van der Waals surface area contributed by atoms with Crippen molar-refractivity contribution in [3.05, 3.63) is 279 Å². The molecule has 14 rings (SSSR count). The van der Waals surface area contributed by atoms with Crippen molar-refractivity contribution in [1.82, 2.24) is 4.57 Å². The van der Waals surface area contributed by atoms with Crippen molar-refractivity contribution in [3.63, 3.8) is 0 Å². The first-order valence-electron chi connectivity index (χ1n) is 24.8. The minimum Gasteiger partial charge on any atom is -0.309 e. The van der Waals surface area contributed by atoms with Gasteiger partial charge in [-0.3, -0.25) is 0 Å². The first-order valence-corrected chi connectivity index (χ1v) is 24.8. The van der Waals surface area contributed by atoms with Gasteiger partial charge in [-0.05, 0) is 132 Å². The molecule has 0 unspecified atom stereocenters. The van der Waals surface area contributed by atoms with Gasteiger partial charge in [-0.15, -0.1) is 0 Å². The summed E-state index contributed by atoms with van der Waals surface area (Å²) in [5, 5.41) is 12.4. The van der Waals surface area contributed by atoms with Gasteiger partial charge in [0, 0.05) is 33.2 Å². The lowest BCUT2D eigenvalue weighted by Crippen LogP contribution is -2.12. The highest BCUT2D eigenvalue weighted by atomic mass is 15.1. The van der Waals surface area contributed by atoms with E-state index in [4.69, 9.17) is 0 Å². The Morgan fingerprint density at radius 3 is 1.61 bits per heavy atom. The third kappa shape index (κ3) is 6.88. The number of benzene rings is 13. The molecular formula is C70H46N2. The summed E-state index contributed by atoms with van der Waals surface area (Å²) < 4.78 is 2.47. The van der Waals surface area contributed by atoms with Crippen LogP contribution in [0.3, 0.4) is 0 Å². The van der Waals surface area contributed by atoms with Crippen LogP contribution in [0.2, 0.25) is 0 Å². The zero-order valence-electron chi connectivity index (χ0n) is 39.5. The summed E-state index contributed by atoms with van der Waals surface area (Å²) in [6, 6.07) is 103. The molecule has 0 spiro atoms. The number of para-hydroxylation sites is 3. The van der Waals surface area contributed by atoms with E-state index in [0.29, 0.717) is 0 Å². The summed E-state index contributed by atoms with van der Waals surface area (Å²) in [4.78, 5) is 2.49. The molecule has 0 radical (unpaired) electrons. The van der Waals surface area contributed by atoms with Crippen LogP contribution in [0.1, 0.15) is 0 Å². The molecule has 14 aromatic rings. The van der Waals surface area contributed by atoms with Crippen molar-refractivity contribution in [1.29, 1.82) is 0 Å². The molecule has 1 heterocycles. The number of anilines is 3. The predicted molar refractivity (Wildman–Crippen MR) is 307 cm³/mol. The summed E-state index contributed by atoms with van der Waals surface area (Å²) >= 11 is 0. The fourth-order valence-corrected chi connectivity index (χ4v) is 11.4. The molecule has 1 aromatic heterocycles. The van der Waals surface area contributed by atoms with Crippen LogP contribution in [0.15, 0.2) is 279 Å². The normalized spacial score (nSPS) is 11.6. The molecule has 0 saturated carbocycles. The highest BCUT2D eigenvalue weighted by molar-refractivity contribution is 6.16. The summed E-state index contributed by atoms with van der Waals surface area (Å²) in [5.41, 5.74) is 16.1. The SMILES string of the molecule is c1ccc(-c2cc(-c3ccccc3-n3c4ccccc4c4cc5ccccc5cc43)ccc2N(c2ccc(-c3cccc4ccccc34)cc2)c2ccccc2-c2cc3ccccc3c3ccccc23)cc1. The Labute approximate surface area is 418 Å². The van der Waals surface area contributed by atoms with E-state index in [1.807, 2.05) is 0 Å². The van der Waals surface area contributed by atoms with Crippen molar-refractivity contribution in [2.24, 2.45) is 0 Å². The zero-order valence-corrected chi connectivity index (χ0v) is 39.5. The average Bonchev–Trinajstić information content (AvgIpc) is 3.77. The maximum atomic E-state index is 2.49. The van der Waals surface area contributed by atoms with Crippen molar-refractivity contribution < 1.29 is 0 Å². The lowest BCUT2D eigenvalue weighted by Gasteiger charge is -2.31. The number of rotatable bonds is 8. The maximum absolute atomic E-state index is 2.49. The van der Waals surface area contributed by atoms with Gasteiger partial charge in [0.25, 0.3) is 0 Å². The number of hydrogen-bond acceptors (Lipinski definition) is 1. The summed E-state index contributed by atoms with van der Waals surface area (Å²) in [6.07, 6.45) is 0. The van der Waals surface area contributed by atoms with E-state index in [1.54, 1.807) is 0 Å². The molecule has 0 aliphatic rings. The predicted octanol–water partition coefficient (Wildman–Crippen LogP) is 19.5. The molecule has 13 aromatic carbocycles. The molecule has 2 heteroatoms. The van der Waals surface area contributed by atoms with Gasteiger partial charge in [-0.2, -0.15) is 0 Å². The second-order valence-corrected chi connectivity index (χ2v) is 18.8. The largest absolute Gasteiger partial charge is 0.309 e. The molecule has 336 valence electrons. The fourth-order valence-electron chi connectivity index (χ4n) is 11.4. The van der Waals surface area contributed by atoms with E-state index < -0.39 is 0 Å². The molecule has 0 N–H and O–H groups in total. The zero-order chi connectivity index (χ0) is 47.5.